The molecular formula is C21H26BrN3O2. The Balaban J connectivity index is 1.74. The van der Waals surface area contributed by atoms with Crippen LogP contribution in [-0.2, 0) is 4.74 Å². The molecular weight excluding hydrogens is 406 g/mol. The van der Waals surface area contributed by atoms with E-state index in [4.69, 9.17) is 4.74 Å². The summed E-state index contributed by atoms with van der Waals surface area (Å²) in [6, 6.07) is 16.1. The first-order valence-corrected chi connectivity index (χ1v) is 9.97. The van der Waals surface area contributed by atoms with Gasteiger partial charge in [-0.1, -0.05) is 34.1 Å². The average molecular weight is 432 g/mol. The molecule has 3 rings (SSSR count). The van der Waals surface area contributed by atoms with Crippen molar-refractivity contribution >= 4 is 27.5 Å². The number of ether oxygens (including phenoxy) is 1. The first-order valence-electron chi connectivity index (χ1n) is 9.17. The van der Waals surface area contributed by atoms with Crippen LogP contribution in [0.1, 0.15) is 22.0 Å². The lowest BCUT2D eigenvalue weighted by Crippen LogP contribution is -2.43. The number of nitrogens with one attached hydrogen (secondary N) is 1. The van der Waals surface area contributed by atoms with Crippen molar-refractivity contribution in [3.8, 4) is 0 Å². The third-order valence-electron chi connectivity index (χ3n) is 4.82. The molecule has 1 amide bonds. The standard InChI is InChI=1S/C21H26BrN3O2/c1-24(2)19-8-6-16(7-9-19)20(25-10-12-27-13-11-25)15-23-21(26)17-4-3-5-18(22)14-17/h3-9,14,20H,10-13,15H2,1-2H3,(H,23,26)/t20-/m0/s1. The Morgan fingerprint density at radius 1 is 1.19 bits per heavy atom. The van der Waals surface area contributed by atoms with Crippen LogP contribution in [0, 0.1) is 0 Å². The molecule has 0 aromatic heterocycles. The van der Waals surface area contributed by atoms with Crippen LogP contribution in [0.15, 0.2) is 53.0 Å². The molecule has 27 heavy (non-hydrogen) atoms. The molecule has 5 nitrogen and oxygen atoms in total. The van der Waals surface area contributed by atoms with Gasteiger partial charge in [0, 0.05) is 49.5 Å². The van der Waals surface area contributed by atoms with Gasteiger partial charge in [-0.15, -0.1) is 0 Å². The molecule has 144 valence electrons. The smallest absolute Gasteiger partial charge is 0.251 e. The average Bonchev–Trinajstić information content (AvgIpc) is 2.69. The zero-order valence-electron chi connectivity index (χ0n) is 15.8. The molecule has 1 aliphatic heterocycles. The van der Waals surface area contributed by atoms with E-state index in [0.29, 0.717) is 12.1 Å². The summed E-state index contributed by atoms with van der Waals surface area (Å²) in [7, 11) is 4.07. The molecule has 0 bridgehead atoms. The maximum absolute atomic E-state index is 12.6. The summed E-state index contributed by atoms with van der Waals surface area (Å²) in [5.74, 6) is -0.0560. The van der Waals surface area contributed by atoms with Gasteiger partial charge >= 0.3 is 0 Å². The molecule has 0 aliphatic carbocycles. The first-order chi connectivity index (χ1) is 13.0. The number of anilines is 1. The molecule has 6 heteroatoms. The van der Waals surface area contributed by atoms with E-state index >= 15 is 0 Å². The number of benzene rings is 2. The van der Waals surface area contributed by atoms with Crippen LogP contribution >= 0.6 is 15.9 Å². The highest BCUT2D eigenvalue weighted by molar-refractivity contribution is 9.10. The minimum Gasteiger partial charge on any atom is -0.379 e. The van der Waals surface area contributed by atoms with Crippen molar-refractivity contribution in [3.63, 3.8) is 0 Å². The van der Waals surface area contributed by atoms with E-state index in [1.165, 1.54) is 5.56 Å². The van der Waals surface area contributed by atoms with Crippen LogP contribution in [0.2, 0.25) is 0 Å². The Morgan fingerprint density at radius 3 is 2.52 bits per heavy atom. The van der Waals surface area contributed by atoms with Crippen LogP contribution in [0.4, 0.5) is 5.69 Å². The van der Waals surface area contributed by atoms with E-state index in [-0.39, 0.29) is 11.9 Å². The van der Waals surface area contributed by atoms with Gasteiger partial charge in [-0.05, 0) is 35.9 Å². The number of rotatable bonds is 6. The molecule has 1 saturated heterocycles. The predicted molar refractivity (Wildman–Crippen MR) is 112 cm³/mol. The molecule has 0 saturated carbocycles. The Labute approximate surface area is 169 Å². The van der Waals surface area contributed by atoms with Crippen molar-refractivity contribution in [2.24, 2.45) is 0 Å². The SMILES string of the molecule is CN(C)c1ccc([C@H](CNC(=O)c2cccc(Br)c2)N2CCOCC2)cc1. The van der Waals surface area contributed by atoms with E-state index in [1.807, 2.05) is 38.4 Å². The van der Waals surface area contributed by atoms with Crippen molar-refractivity contribution < 1.29 is 9.53 Å². The number of amides is 1. The molecule has 0 radical (unpaired) electrons. The number of hydrogen-bond acceptors (Lipinski definition) is 4. The molecule has 1 heterocycles. The lowest BCUT2D eigenvalue weighted by atomic mass is 10.0. The highest BCUT2D eigenvalue weighted by Crippen LogP contribution is 2.24. The largest absolute Gasteiger partial charge is 0.379 e. The molecule has 1 atom stereocenters. The highest BCUT2D eigenvalue weighted by atomic mass is 79.9. The first kappa shape index (κ1) is 19.9. The Kier molecular flexibility index (Phi) is 6.88. The van der Waals surface area contributed by atoms with Gasteiger partial charge in [0.05, 0.1) is 19.3 Å². The van der Waals surface area contributed by atoms with Gasteiger partial charge in [-0.2, -0.15) is 0 Å². The molecule has 2 aromatic carbocycles. The van der Waals surface area contributed by atoms with Gasteiger partial charge in [0.2, 0.25) is 0 Å². The van der Waals surface area contributed by atoms with E-state index in [9.17, 15) is 4.79 Å². The predicted octanol–water partition coefficient (Wildman–Crippen LogP) is 3.32. The number of nitrogens with zero attached hydrogens (tertiary/aromatic N) is 2. The second-order valence-electron chi connectivity index (χ2n) is 6.87. The summed E-state index contributed by atoms with van der Waals surface area (Å²) in [4.78, 5) is 17.0. The summed E-state index contributed by atoms with van der Waals surface area (Å²) in [6.07, 6.45) is 0. The van der Waals surface area contributed by atoms with Crippen LogP contribution in [0.3, 0.4) is 0 Å². The number of morpholine rings is 1. The number of halogens is 1. The van der Waals surface area contributed by atoms with Gasteiger partial charge in [0.15, 0.2) is 0 Å². The number of carbonyl (C=O) groups is 1. The van der Waals surface area contributed by atoms with Crippen LogP contribution in [-0.4, -0.2) is 57.8 Å². The third kappa shape index (κ3) is 5.31. The second kappa shape index (κ2) is 9.35. The molecule has 1 aliphatic rings. The lowest BCUT2D eigenvalue weighted by molar-refractivity contribution is 0.0162. The molecule has 2 aromatic rings. The molecule has 1 fully saturated rings. The minimum absolute atomic E-state index is 0.0560. The maximum Gasteiger partial charge on any atom is 0.251 e. The van der Waals surface area contributed by atoms with E-state index < -0.39 is 0 Å². The third-order valence-corrected chi connectivity index (χ3v) is 5.32. The quantitative estimate of drug-likeness (QED) is 0.761. The van der Waals surface area contributed by atoms with Crippen molar-refractivity contribution in [1.82, 2.24) is 10.2 Å². The number of carbonyl (C=O) groups excluding carboxylic acids is 1. The van der Waals surface area contributed by atoms with Gasteiger partial charge in [-0.3, -0.25) is 9.69 Å². The minimum atomic E-state index is -0.0560. The fourth-order valence-corrected chi connectivity index (χ4v) is 3.66. The number of hydrogen-bond donors (Lipinski definition) is 1. The highest BCUT2D eigenvalue weighted by Gasteiger charge is 2.23. The topological polar surface area (TPSA) is 44.8 Å². The maximum atomic E-state index is 12.6. The van der Waals surface area contributed by atoms with Crippen molar-refractivity contribution in [2.45, 2.75) is 6.04 Å². The summed E-state index contributed by atoms with van der Waals surface area (Å²) >= 11 is 3.42. The molecule has 0 unspecified atom stereocenters. The van der Waals surface area contributed by atoms with Gasteiger partial charge < -0.3 is 15.0 Å². The second-order valence-corrected chi connectivity index (χ2v) is 7.79. The zero-order valence-corrected chi connectivity index (χ0v) is 17.4. The van der Waals surface area contributed by atoms with Crippen molar-refractivity contribution in [2.75, 3.05) is 51.8 Å². The van der Waals surface area contributed by atoms with E-state index in [1.54, 1.807) is 0 Å². The van der Waals surface area contributed by atoms with Crippen molar-refractivity contribution in [1.29, 1.82) is 0 Å². The van der Waals surface area contributed by atoms with Crippen LogP contribution < -0.4 is 10.2 Å². The zero-order chi connectivity index (χ0) is 19.2. The van der Waals surface area contributed by atoms with Gasteiger partial charge in [0.1, 0.15) is 0 Å². The Bertz CT molecular complexity index is 758. The molecule has 1 N–H and O–H groups in total. The van der Waals surface area contributed by atoms with Crippen molar-refractivity contribution in [3.05, 3.63) is 64.1 Å². The van der Waals surface area contributed by atoms with Gasteiger partial charge in [-0.25, -0.2) is 0 Å². The normalized spacial score (nSPS) is 16.0. The fourth-order valence-electron chi connectivity index (χ4n) is 3.26. The molecule has 0 spiro atoms. The summed E-state index contributed by atoms with van der Waals surface area (Å²) in [5, 5.41) is 3.11. The van der Waals surface area contributed by atoms with Crippen LogP contribution in [0.5, 0.6) is 0 Å². The summed E-state index contributed by atoms with van der Waals surface area (Å²) in [5.41, 5.74) is 3.03. The lowest BCUT2D eigenvalue weighted by Gasteiger charge is -2.35. The van der Waals surface area contributed by atoms with Crippen LogP contribution in [0.25, 0.3) is 0 Å². The van der Waals surface area contributed by atoms with E-state index in [0.717, 1.165) is 36.5 Å². The Morgan fingerprint density at radius 2 is 1.89 bits per heavy atom. The van der Waals surface area contributed by atoms with Gasteiger partial charge in [0.25, 0.3) is 5.91 Å². The monoisotopic (exact) mass is 431 g/mol. The Hall–Kier alpha value is -1.89. The van der Waals surface area contributed by atoms with E-state index in [2.05, 4.69) is 55.3 Å². The summed E-state index contributed by atoms with van der Waals surface area (Å²) < 4.78 is 6.41. The fraction of sp³-hybridized carbons (Fsp3) is 0.381. The summed E-state index contributed by atoms with van der Waals surface area (Å²) in [6.45, 7) is 3.75.